The predicted octanol–water partition coefficient (Wildman–Crippen LogP) is 4.12. The van der Waals surface area contributed by atoms with Gasteiger partial charge in [-0.05, 0) is 35.7 Å². The molecule has 38 heavy (non-hydrogen) atoms. The molecule has 0 spiro atoms. The molecule has 3 aromatic rings. The normalized spacial score (nSPS) is 16.6. The number of aromatic nitrogens is 1. The number of primary amides is 1. The second-order valence-electron chi connectivity index (χ2n) is 9.44. The Morgan fingerprint density at radius 3 is 2.50 bits per heavy atom. The van der Waals surface area contributed by atoms with Crippen LogP contribution < -0.4 is 15.8 Å². The number of carbonyl (C=O) groups is 3. The standard InChI is InChI=1S/C30H34N4O4/c1-2-3-4-9-17-34-28(24-14-7-8-15-25(24)38-20-26(31)35)27(22-12-5-6-13-23(22)30(34)37)29(36)33-19-21-11-10-16-32-18-21/h5-8,10-16,18,27-28H,2-4,9,17,19-20H2,1H3,(H2,31,35)(H,33,36). The zero-order valence-corrected chi connectivity index (χ0v) is 21.6. The van der Waals surface area contributed by atoms with Crippen molar-refractivity contribution in [2.24, 2.45) is 5.73 Å². The van der Waals surface area contributed by atoms with E-state index in [4.69, 9.17) is 10.5 Å². The maximum Gasteiger partial charge on any atom is 0.255 e. The van der Waals surface area contributed by atoms with Crippen molar-refractivity contribution in [2.45, 2.75) is 51.1 Å². The van der Waals surface area contributed by atoms with E-state index < -0.39 is 17.9 Å². The molecule has 2 aromatic carbocycles. The summed E-state index contributed by atoms with van der Waals surface area (Å²) in [5.74, 6) is -1.20. The third-order valence-corrected chi connectivity index (χ3v) is 6.77. The third-order valence-electron chi connectivity index (χ3n) is 6.77. The van der Waals surface area contributed by atoms with Crippen molar-refractivity contribution < 1.29 is 19.1 Å². The number of nitrogens with zero attached hydrogens (tertiary/aromatic N) is 2. The number of para-hydroxylation sites is 1. The van der Waals surface area contributed by atoms with Crippen molar-refractivity contribution in [1.82, 2.24) is 15.2 Å². The lowest BCUT2D eigenvalue weighted by Gasteiger charge is -2.42. The number of benzene rings is 2. The van der Waals surface area contributed by atoms with Crippen LogP contribution in [0.4, 0.5) is 0 Å². The Morgan fingerprint density at radius 1 is 1.00 bits per heavy atom. The van der Waals surface area contributed by atoms with Crippen LogP contribution in [0.3, 0.4) is 0 Å². The Kier molecular flexibility index (Phi) is 9.08. The fourth-order valence-corrected chi connectivity index (χ4v) is 4.98. The van der Waals surface area contributed by atoms with Gasteiger partial charge in [-0.15, -0.1) is 0 Å². The van der Waals surface area contributed by atoms with Gasteiger partial charge in [-0.3, -0.25) is 19.4 Å². The number of hydrogen-bond donors (Lipinski definition) is 2. The molecule has 0 radical (unpaired) electrons. The molecule has 2 heterocycles. The lowest BCUT2D eigenvalue weighted by atomic mass is 9.78. The summed E-state index contributed by atoms with van der Waals surface area (Å²) in [6.45, 7) is 2.64. The molecule has 0 aliphatic carbocycles. The van der Waals surface area contributed by atoms with E-state index >= 15 is 0 Å². The highest BCUT2D eigenvalue weighted by Gasteiger charge is 2.44. The minimum absolute atomic E-state index is 0.122. The summed E-state index contributed by atoms with van der Waals surface area (Å²) in [5.41, 5.74) is 8.07. The van der Waals surface area contributed by atoms with E-state index in [1.165, 1.54) is 0 Å². The Hall–Kier alpha value is -4.20. The van der Waals surface area contributed by atoms with E-state index in [2.05, 4.69) is 17.2 Å². The number of carbonyl (C=O) groups excluding carboxylic acids is 3. The van der Waals surface area contributed by atoms with E-state index in [-0.39, 0.29) is 18.4 Å². The number of ether oxygens (including phenoxy) is 1. The van der Waals surface area contributed by atoms with E-state index in [0.29, 0.717) is 35.5 Å². The second kappa shape index (κ2) is 12.9. The van der Waals surface area contributed by atoms with Crippen LogP contribution in [-0.4, -0.2) is 40.8 Å². The first-order valence-electron chi connectivity index (χ1n) is 13.1. The van der Waals surface area contributed by atoms with E-state index in [9.17, 15) is 14.4 Å². The molecule has 198 valence electrons. The van der Waals surface area contributed by atoms with Crippen LogP contribution >= 0.6 is 0 Å². The van der Waals surface area contributed by atoms with Crippen LogP contribution in [-0.2, 0) is 16.1 Å². The zero-order valence-electron chi connectivity index (χ0n) is 21.6. The number of amides is 3. The summed E-state index contributed by atoms with van der Waals surface area (Å²) in [7, 11) is 0. The van der Waals surface area contributed by atoms with Gasteiger partial charge >= 0.3 is 0 Å². The molecule has 3 N–H and O–H groups in total. The van der Waals surface area contributed by atoms with Gasteiger partial charge in [-0.2, -0.15) is 0 Å². The van der Waals surface area contributed by atoms with Crippen LogP contribution in [0.2, 0.25) is 0 Å². The lowest BCUT2D eigenvalue weighted by molar-refractivity contribution is -0.124. The van der Waals surface area contributed by atoms with Gasteiger partial charge in [0.15, 0.2) is 6.61 Å². The number of pyridine rings is 1. The number of fused-ring (bicyclic) bond motifs is 1. The fraction of sp³-hybridized carbons (Fsp3) is 0.333. The maximum absolute atomic E-state index is 13.9. The quantitative estimate of drug-likeness (QED) is 0.353. The van der Waals surface area contributed by atoms with E-state index in [0.717, 1.165) is 31.2 Å². The summed E-state index contributed by atoms with van der Waals surface area (Å²) in [6.07, 6.45) is 7.33. The van der Waals surface area contributed by atoms with Crippen LogP contribution in [0.5, 0.6) is 5.75 Å². The molecule has 1 aliphatic heterocycles. The smallest absolute Gasteiger partial charge is 0.255 e. The van der Waals surface area contributed by atoms with Gasteiger partial charge in [0.2, 0.25) is 5.91 Å². The van der Waals surface area contributed by atoms with E-state index in [1.54, 1.807) is 35.5 Å². The highest BCUT2D eigenvalue weighted by atomic mass is 16.5. The largest absolute Gasteiger partial charge is 0.483 e. The van der Waals surface area contributed by atoms with Gasteiger partial charge in [0.25, 0.3) is 11.8 Å². The number of hydrogen-bond acceptors (Lipinski definition) is 5. The average molecular weight is 515 g/mol. The molecule has 8 nitrogen and oxygen atoms in total. The van der Waals surface area contributed by atoms with Gasteiger partial charge in [0.1, 0.15) is 5.75 Å². The summed E-state index contributed by atoms with van der Waals surface area (Å²) >= 11 is 0. The maximum atomic E-state index is 13.9. The lowest BCUT2D eigenvalue weighted by Crippen LogP contribution is -2.47. The molecule has 0 saturated carbocycles. The fourth-order valence-electron chi connectivity index (χ4n) is 4.98. The highest BCUT2D eigenvalue weighted by Crippen LogP contribution is 2.45. The molecule has 2 atom stereocenters. The second-order valence-corrected chi connectivity index (χ2v) is 9.44. The first-order chi connectivity index (χ1) is 18.5. The molecule has 0 bridgehead atoms. The Balaban J connectivity index is 1.77. The Morgan fingerprint density at radius 2 is 1.76 bits per heavy atom. The van der Waals surface area contributed by atoms with Crippen LogP contribution in [0, 0.1) is 0 Å². The van der Waals surface area contributed by atoms with Crippen LogP contribution in [0.15, 0.2) is 73.1 Å². The molecule has 2 unspecified atom stereocenters. The Labute approximate surface area is 223 Å². The van der Waals surface area contributed by atoms with Crippen molar-refractivity contribution in [1.29, 1.82) is 0 Å². The summed E-state index contributed by atoms with van der Waals surface area (Å²) in [4.78, 5) is 45.2. The van der Waals surface area contributed by atoms with Crippen LogP contribution in [0.25, 0.3) is 0 Å². The molecule has 1 aromatic heterocycles. The molecule has 4 rings (SSSR count). The molecule has 8 heteroatoms. The summed E-state index contributed by atoms with van der Waals surface area (Å²) in [6, 6.07) is 17.6. The third kappa shape index (κ3) is 6.19. The Bertz CT molecular complexity index is 1260. The molecular weight excluding hydrogens is 480 g/mol. The monoisotopic (exact) mass is 514 g/mol. The molecule has 3 amide bonds. The molecule has 0 saturated heterocycles. The van der Waals surface area contributed by atoms with Crippen LogP contribution in [0.1, 0.15) is 71.6 Å². The van der Waals surface area contributed by atoms with Gasteiger partial charge in [0.05, 0.1) is 12.0 Å². The minimum Gasteiger partial charge on any atom is -0.483 e. The first-order valence-corrected chi connectivity index (χ1v) is 13.1. The number of unbranched alkanes of at least 4 members (excludes halogenated alkanes) is 3. The van der Waals surface area contributed by atoms with Gasteiger partial charge < -0.3 is 20.7 Å². The molecule has 0 fully saturated rings. The highest BCUT2D eigenvalue weighted by molar-refractivity contribution is 6.01. The number of nitrogens with two attached hydrogens (primary N) is 1. The average Bonchev–Trinajstić information content (AvgIpc) is 2.94. The van der Waals surface area contributed by atoms with Crippen molar-refractivity contribution in [3.05, 3.63) is 95.3 Å². The molecule has 1 aliphatic rings. The van der Waals surface area contributed by atoms with Crippen molar-refractivity contribution in [3.63, 3.8) is 0 Å². The topological polar surface area (TPSA) is 115 Å². The van der Waals surface area contributed by atoms with Gasteiger partial charge in [-0.1, -0.05) is 68.7 Å². The van der Waals surface area contributed by atoms with Gasteiger partial charge in [-0.25, -0.2) is 0 Å². The zero-order chi connectivity index (χ0) is 26.9. The van der Waals surface area contributed by atoms with Crippen molar-refractivity contribution in [3.8, 4) is 5.75 Å². The minimum atomic E-state index is -0.690. The number of rotatable bonds is 12. The predicted molar refractivity (Wildman–Crippen MR) is 144 cm³/mol. The van der Waals surface area contributed by atoms with Crippen molar-refractivity contribution >= 4 is 17.7 Å². The summed E-state index contributed by atoms with van der Waals surface area (Å²) < 4.78 is 5.77. The SMILES string of the molecule is CCCCCCN1C(=O)c2ccccc2C(C(=O)NCc2cccnc2)C1c1ccccc1OCC(N)=O. The first kappa shape index (κ1) is 26.9. The van der Waals surface area contributed by atoms with E-state index in [1.807, 2.05) is 42.5 Å². The van der Waals surface area contributed by atoms with Gasteiger partial charge in [0, 0.05) is 36.6 Å². The molecular formula is C30H34N4O4. The summed E-state index contributed by atoms with van der Waals surface area (Å²) in [5, 5.41) is 3.06. The van der Waals surface area contributed by atoms with Crippen molar-refractivity contribution in [2.75, 3.05) is 13.2 Å². The number of nitrogens with one attached hydrogen (secondary N) is 1.